The first kappa shape index (κ1) is 28.1. The van der Waals surface area contributed by atoms with Gasteiger partial charge in [0, 0.05) is 33.3 Å². The zero-order valence-corrected chi connectivity index (χ0v) is 23.2. The van der Waals surface area contributed by atoms with Gasteiger partial charge < -0.3 is 10.4 Å². The lowest BCUT2D eigenvalue weighted by molar-refractivity contribution is -0.136. The normalized spacial score (nSPS) is 10.9. The maximum absolute atomic E-state index is 13.9. The standard InChI is InChI=1S/C32H24Cl2FN3O3/c33-26-14-25(15-27(34)17-26)29-18-30(24-5-1-3-22(13-24)23-4-2-6-28(35)16-23)38(37-29)19-20-7-9-21(10-8-20)32(41)36-12-11-31(39)40/h1-10,13-18H,11-12,19H2,(H,36,41)(H,39,40). The number of carbonyl (C=O) groups excluding carboxylic acids is 1. The Hall–Kier alpha value is -4.46. The number of rotatable bonds is 9. The van der Waals surface area contributed by atoms with E-state index in [9.17, 15) is 14.0 Å². The van der Waals surface area contributed by atoms with Crippen LogP contribution in [0, 0.1) is 5.82 Å². The van der Waals surface area contributed by atoms with E-state index in [-0.39, 0.29) is 24.7 Å². The SMILES string of the molecule is O=C(O)CCNC(=O)c1ccc(Cn2nc(-c3cc(Cl)cc(Cl)c3)cc2-c2cccc(-c3cccc(F)c3)c2)cc1. The summed E-state index contributed by atoms with van der Waals surface area (Å²) in [5.41, 5.74) is 6.09. The lowest BCUT2D eigenvalue weighted by atomic mass is 10.0. The van der Waals surface area contributed by atoms with Crippen molar-refractivity contribution in [3.63, 3.8) is 0 Å². The van der Waals surface area contributed by atoms with Gasteiger partial charge in [0.2, 0.25) is 0 Å². The minimum absolute atomic E-state index is 0.0531. The van der Waals surface area contributed by atoms with Crippen LogP contribution in [0.1, 0.15) is 22.3 Å². The molecule has 1 aromatic heterocycles. The maximum Gasteiger partial charge on any atom is 0.305 e. The van der Waals surface area contributed by atoms with Gasteiger partial charge in [-0.2, -0.15) is 5.10 Å². The number of nitrogens with one attached hydrogen (secondary N) is 1. The predicted molar refractivity (Wildman–Crippen MR) is 159 cm³/mol. The summed E-state index contributed by atoms with van der Waals surface area (Å²) in [5.74, 6) is -1.62. The average Bonchev–Trinajstić information content (AvgIpc) is 3.36. The molecule has 0 radical (unpaired) electrons. The van der Waals surface area contributed by atoms with E-state index >= 15 is 0 Å². The van der Waals surface area contributed by atoms with Crippen molar-refractivity contribution in [1.82, 2.24) is 15.1 Å². The lowest BCUT2D eigenvalue weighted by Crippen LogP contribution is -2.25. The second-order valence-corrected chi connectivity index (χ2v) is 10.3. The molecule has 0 aliphatic carbocycles. The minimum Gasteiger partial charge on any atom is -0.481 e. The van der Waals surface area contributed by atoms with Gasteiger partial charge in [-0.1, -0.05) is 65.7 Å². The van der Waals surface area contributed by atoms with Crippen LogP contribution in [0.5, 0.6) is 0 Å². The highest BCUT2D eigenvalue weighted by Gasteiger charge is 2.15. The number of carboxylic acids is 1. The van der Waals surface area contributed by atoms with Gasteiger partial charge in [0.05, 0.1) is 24.4 Å². The largest absolute Gasteiger partial charge is 0.481 e. The van der Waals surface area contributed by atoms with E-state index < -0.39 is 5.97 Å². The van der Waals surface area contributed by atoms with Crippen molar-refractivity contribution in [3.8, 4) is 33.6 Å². The Balaban J connectivity index is 1.49. The summed E-state index contributed by atoms with van der Waals surface area (Å²) in [4.78, 5) is 23.1. The molecule has 0 aliphatic rings. The third-order valence-corrected chi connectivity index (χ3v) is 6.86. The fraction of sp³-hybridized carbons (Fsp3) is 0.0938. The molecule has 0 saturated carbocycles. The Labute approximate surface area is 246 Å². The zero-order valence-electron chi connectivity index (χ0n) is 21.7. The first-order valence-electron chi connectivity index (χ1n) is 12.7. The van der Waals surface area contributed by atoms with Crippen molar-refractivity contribution in [3.05, 3.63) is 124 Å². The quantitative estimate of drug-likeness (QED) is 0.186. The number of benzene rings is 4. The molecule has 6 nitrogen and oxygen atoms in total. The van der Waals surface area contributed by atoms with Crippen LogP contribution in [0.25, 0.3) is 33.6 Å². The fourth-order valence-corrected chi connectivity index (χ4v) is 4.98. The summed E-state index contributed by atoms with van der Waals surface area (Å²) < 4.78 is 15.8. The van der Waals surface area contributed by atoms with Crippen molar-refractivity contribution < 1.29 is 19.1 Å². The number of hydrogen-bond acceptors (Lipinski definition) is 3. The van der Waals surface area contributed by atoms with Gasteiger partial charge in [0.15, 0.2) is 0 Å². The van der Waals surface area contributed by atoms with Gasteiger partial charge in [-0.05, 0) is 71.3 Å². The van der Waals surface area contributed by atoms with Crippen LogP contribution in [0.3, 0.4) is 0 Å². The number of carboxylic acid groups (broad SMARTS) is 1. The van der Waals surface area contributed by atoms with Crippen LogP contribution in [-0.4, -0.2) is 33.3 Å². The van der Waals surface area contributed by atoms with Crippen molar-refractivity contribution in [1.29, 1.82) is 0 Å². The van der Waals surface area contributed by atoms with E-state index in [0.29, 0.717) is 27.8 Å². The number of hydrogen-bond donors (Lipinski definition) is 2. The third-order valence-electron chi connectivity index (χ3n) is 6.43. The first-order chi connectivity index (χ1) is 19.7. The molecule has 5 aromatic rings. The number of aliphatic carboxylic acids is 1. The molecular formula is C32H24Cl2FN3O3. The van der Waals surface area contributed by atoms with Crippen LogP contribution in [0.2, 0.25) is 10.0 Å². The van der Waals surface area contributed by atoms with Gasteiger partial charge in [-0.25, -0.2) is 4.39 Å². The summed E-state index contributed by atoms with van der Waals surface area (Å²) in [6.45, 7) is 0.451. The highest BCUT2D eigenvalue weighted by atomic mass is 35.5. The molecule has 0 unspecified atom stereocenters. The van der Waals surface area contributed by atoms with E-state index in [0.717, 1.165) is 33.5 Å². The highest BCUT2D eigenvalue weighted by Crippen LogP contribution is 2.32. The Morgan fingerprint density at radius 3 is 2.15 bits per heavy atom. The molecule has 206 valence electrons. The summed E-state index contributed by atoms with van der Waals surface area (Å²) in [6.07, 6.45) is -0.146. The van der Waals surface area contributed by atoms with Gasteiger partial charge in [-0.3, -0.25) is 14.3 Å². The van der Waals surface area contributed by atoms with Gasteiger partial charge in [0.1, 0.15) is 5.82 Å². The molecular weight excluding hydrogens is 564 g/mol. The van der Waals surface area contributed by atoms with Crippen molar-refractivity contribution >= 4 is 35.1 Å². The Bertz CT molecular complexity index is 1710. The molecule has 1 heterocycles. The Morgan fingerprint density at radius 2 is 1.46 bits per heavy atom. The Kier molecular flexibility index (Phi) is 8.47. The van der Waals surface area contributed by atoms with Crippen LogP contribution < -0.4 is 5.32 Å². The monoisotopic (exact) mass is 587 g/mol. The van der Waals surface area contributed by atoms with E-state index in [1.165, 1.54) is 12.1 Å². The molecule has 0 bridgehead atoms. The second kappa shape index (κ2) is 12.4. The molecule has 5 rings (SSSR count). The molecule has 1 amide bonds. The number of aromatic nitrogens is 2. The summed E-state index contributed by atoms with van der Waals surface area (Å²) >= 11 is 12.5. The predicted octanol–water partition coefficient (Wildman–Crippen LogP) is 7.58. The topological polar surface area (TPSA) is 84.2 Å². The summed E-state index contributed by atoms with van der Waals surface area (Å²) in [5, 5.41) is 17.2. The van der Waals surface area contributed by atoms with E-state index in [1.54, 1.807) is 36.4 Å². The van der Waals surface area contributed by atoms with Crippen LogP contribution in [-0.2, 0) is 11.3 Å². The minimum atomic E-state index is -0.975. The number of amides is 1. The molecule has 0 saturated heterocycles. The fourth-order valence-electron chi connectivity index (χ4n) is 4.46. The smallest absolute Gasteiger partial charge is 0.305 e. The molecule has 2 N–H and O–H groups in total. The van der Waals surface area contributed by atoms with E-state index in [1.807, 2.05) is 53.2 Å². The number of nitrogens with zero attached hydrogens (tertiary/aromatic N) is 2. The third kappa shape index (κ3) is 7.01. The van der Waals surface area contributed by atoms with Crippen LogP contribution >= 0.6 is 23.2 Å². The number of halogens is 3. The van der Waals surface area contributed by atoms with Gasteiger partial charge in [-0.15, -0.1) is 0 Å². The molecule has 4 aromatic carbocycles. The molecule has 0 fully saturated rings. The molecule has 0 spiro atoms. The van der Waals surface area contributed by atoms with E-state index in [2.05, 4.69) is 5.32 Å². The molecule has 41 heavy (non-hydrogen) atoms. The second-order valence-electron chi connectivity index (χ2n) is 9.42. The lowest BCUT2D eigenvalue weighted by Gasteiger charge is -2.10. The van der Waals surface area contributed by atoms with E-state index in [4.69, 9.17) is 33.4 Å². The molecule has 9 heteroatoms. The Morgan fingerprint density at radius 1 is 0.805 bits per heavy atom. The maximum atomic E-state index is 13.9. The van der Waals surface area contributed by atoms with Crippen molar-refractivity contribution in [2.75, 3.05) is 6.54 Å². The zero-order chi connectivity index (χ0) is 28.9. The first-order valence-corrected chi connectivity index (χ1v) is 13.5. The summed E-state index contributed by atoms with van der Waals surface area (Å²) in [6, 6.07) is 28.5. The van der Waals surface area contributed by atoms with Crippen molar-refractivity contribution in [2.24, 2.45) is 0 Å². The van der Waals surface area contributed by atoms with Crippen LogP contribution in [0.15, 0.2) is 97.1 Å². The van der Waals surface area contributed by atoms with Gasteiger partial charge >= 0.3 is 5.97 Å². The molecule has 0 aliphatic heterocycles. The van der Waals surface area contributed by atoms with Crippen molar-refractivity contribution in [2.45, 2.75) is 13.0 Å². The molecule has 0 atom stereocenters. The average molecular weight is 588 g/mol. The van der Waals surface area contributed by atoms with Gasteiger partial charge in [0.25, 0.3) is 5.91 Å². The van der Waals surface area contributed by atoms with Crippen LogP contribution in [0.4, 0.5) is 4.39 Å². The highest BCUT2D eigenvalue weighted by molar-refractivity contribution is 6.35. The summed E-state index contributed by atoms with van der Waals surface area (Å²) in [7, 11) is 0. The number of carbonyl (C=O) groups is 2.